The molecule has 0 saturated carbocycles. The van der Waals surface area contributed by atoms with Gasteiger partial charge in [-0.15, -0.1) is 0 Å². The average Bonchev–Trinajstić information content (AvgIpc) is 2.57. The zero-order valence-corrected chi connectivity index (χ0v) is 8.34. The van der Waals surface area contributed by atoms with Crippen molar-refractivity contribution in [1.82, 2.24) is 10.1 Å². The van der Waals surface area contributed by atoms with E-state index in [0.29, 0.717) is 10.0 Å². The molecule has 0 aliphatic heterocycles. The number of aromatic amines is 1. The Morgan fingerprint density at radius 2 is 2.29 bits per heavy atom. The lowest BCUT2D eigenvalue weighted by molar-refractivity contribution is 0.388. The molecule has 2 aromatic rings. The summed E-state index contributed by atoms with van der Waals surface area (Å²) >= 11 is 3.02. The van der Waals surface area contributed by atoms with E-state index in [1.54, 1.807) is 6.07 Å². The third-order valence-corrected chi connectivity index (χ3v) is 2.28. The monoisotopic (exact) mass is 258 g/mol. The molecule has 0 saturated heterocycles. The Morgan fingerprint density at radius 3 is 2.86 bits per heavy atom. The highest BCUT2D eigenvalue weighted by Gasteiger charge is 2.06. The van der Waals surface area contributed by atoms with Gasteiger partial charge in [0.15, 0.2) is 5.82 Å². The minimum Gasteiger partial charge on any atom is -0.296 e. The molecule has 2 rings (SSSR count). The van der Waals surface area contributed by atoms with Gasteiger partial charge < -0.3 is 0 Å². The molecule has 6 heteroatoms. The van der Waals surface area contributed by atoms with Crippen LogP contribution in [-0.4, -0.2) is 10.1 Å². The summed E-state index contributed by atoms with van der Waals surface area (Å²) in [5.41, 5.74) is 0.455. The molecule has 1 heterocycles. The van der Waals surface area contributed by atoms with Crippen LogP contribution in [-0.2, 0) is 0 Å². The van der Waals surface area contributed by atoms with Crippen LogP contribution in [0.25, 0.3) is 11.4 Å². The number of H-pyrrole nitrogens is 1. The van der Waals surface area contributed by atoms with Crippen molar-refractivity contribution in [1.29, 1.82) is 0 Å². The number of rotatable bonds is 1. The lowest BCUT2D eigenvalue weighted by Gasteiger charge is -1.96. The Bertz CT molecular complexity index is 520. The van der Waals surface area contributed by atoms with Crippen LogP contribution in [0.4, 0.5) is 4.39 Å². The number of nitrogens with zero attached hydrogens (tertiary/aromatic N) is 1. The number of aromatic nitrogens is 2. The molecule has 0 aliphatic carbocycles. The van der Waals surface area contributed by atoms with E-state index in [1.807, 2.05) is 0 Å². The van der Waals surface area contributed by atoms with Crippen LogP contribution in [0.1, 0.15) is 0 Å². The van der Waals surface area contributed by atoms with E-state index in [1.165, 1.54) is 12.1 Å². The maximum atomic E-state index is 13.1. The summed E-state index contributed by atoms with van der Waals surface area (Å²) in [6.45, 7) is 0. The summed E-state index contributed by atoms with van der Waals surface area (Å²) in [6.07, 6.45) is 0. The van der Waals surface area contributed by atoms with Crippen LogP contribution in [0.5, 0.6) is 0 Å². The summed E-state index contributed by atoms with van der Waals surface area (Å²) in [7, 11) is 0. The van der Waals surface area contributed by atoms with Crippen molar-refractivity contribution in [3.05, 3.63) is 39.0 Å². The maximum Gasteiger partial charge on any atom is 0.439 e. The number of nitrogens with one attached hydrogen (secondary N) is 1. The van der Waals surface area contributed by atoms with Crippen molar-refractivity contribution in [2.75, 3.05) is 0 Å². The molecule has 0 unspecified atom stereocenters. The second-order valence-electron chi connectivity index (χ2n) is 2.57. The molecule has 0 radical (unpaired) electrons. The minimum absolute atomic E-state index is 0.210. The molecule has 1 aromatic carbocycles. The fourth-order valence-corrected chi connectivity index (χ4v) is 1.24. The van der Waals surface area contributed by atoms with Crippen LogP contribution in [0.15, 0.2) is 32.0 Å². The molecule has 4 nitrogen and oxygen atoms in total. The van der Waals surface area contributed by atoms with Crippen molar-refractivity contribution < 1.29 is 8.91 Å². The molecular weight excluding hydrogens is 255 g/mol. The first-order valence-corrected chi connectivity index (χ1v) is 4.47. The van der Waals surface area contributed by atoms with E-state index in [9.17, 15) is 9.18 Å². The summed E-state index contributed by atoms with van der Waals surface area (Å²) in [6, 6.07) is 4.39. The molecular formula is C8H4BrFN2O2. The zero-order valence-electron chi connectivity index (χ0n) is 6.75. The van der Waals surface area contributed by atoms with E-state index >= 15 is 0 Å². The van der Waals surface area contributed by atoms with Gasteiger partial charge in [-0.2, -0.15) is 0 Å². The first kappa shape index (κ1) is 9.14. The highest BCUT2D eigenvalue weighted by molar-refractivity contribution is 9.10. The van der Waals surface area contributed by atoms with E-state index in [4.69, 9.17) is 0 Å². The predicted octanol–water partition coefficient (Wildman–Crippen LogP) is 1.93. The molecule has 1 aromatic heterocycles. The number of benzene rings is 1. The standard InChI is InChI=1S/C8H4BrFN2O2/c9-5-2-1-4(3-6(5)10)7-11-8(13)14-12-7/h1-3H,(H,11,12,13). The van der Waals surface area contributed by atoms with E-state index in [0.717, 1.165) is 0 Å². The van der Waals surface area contributed by atoms with Gasteiger partial charge in [0.1, 0.15) is 5.82 Å². The van der Waals surface area contributed by atoms with Gasteiger partial charge in [-0.1, -0.05) is 5.16 Å². The summed E-state index contributed by atoms with van der Waals surface area (Å²) in [4.78, 5) is 13.0. The molecule has 14 heavy (non-hydrogen) atoms. The van der Waals surface area contributed by atoms with Gasteiger partial charge in [0, 0.05) is 5.56 Å². The smallest absolute Gasteiger partial charge is 0.296 e. The molecule has 0 aliphatic rings. The first-order chi connectivity index (χ1) is 6.66. The van der Waals surface area contributed by atoms with Gasteiger partial charge >= 0.3 is 5.76 Å². The van der Waals surface area contributed by atoms with Crippen LogP contribution in [0.3, 0.4) is 0 Å². The number of hydrogen-bond acceptors (Lipinski definition) is 3. The van der Waals surface area contributed by atoms with Crippen LogP contribution in [0, 0.1) is 5.82 Å². The van der Waals surface area contributed by atoms with E-state index in [2.05, 4.69) is 30.6 Å². The van der Waals surface area contributed by atoms with Gasteiger partial charge in [0.2, 0.25) is 0 Å². The third kappa shape index (κ3) is 1.60. The number of halogens is 2. The quantitative estimate of drug-likeness (QED) is 0.851. The first-order valence-electron chi connectivity index (χ1n) is 3.68. The summed E-state index contributed by atoms with van der Waals surface area (Å²) in [5, 5.41) is 3.43. The number of hydrogen-bond donors (Lipinski definition) is 1. The van der Waals surface area contributed by atoms with Crippen molar-refractivity contribution in [2.24, 2.45) is 0 Å². The Kier molecular flexibility index (Phi) is 2.20. The van der Waals surface area contributed by atoms with Crippen LogP contribution >= 0.6 is 15.9 Å². The Balaban J connectivity index is 2.52. The minimum atomic E-state index is -0.664. The summed E-state index contributed by atoms with van der Waals surface area (Å²) in [5.74, 6) is -0.879. The molecule has 0 amide bonds. The largest absolute Gasteiger partial charge is 0.439 e. The van der Waals surface area contributed by atoms with Gasteiger partial charge in [-0.3, -0.25) is 9.51 Å². The Morgan fingerprint density at radius 1 is 1.50 bits per heavy atom. The van der Waals surface area contributed by atoms with Gasteiger partial charge in [0.25, 0.3) is 0 Å². The van der Waals surface area contributed by atoms with Gasteiger partial charge in [0.05, 0.1) is 4.47 Å². The van der Waals surface area contributed by atoms with E-state index in [-0.39, 0.29) is 5.82 Å². The molecule has 0 bridgehead atoms. The van der Waals surface area contributed by atoms with Crippen molar-refractivity contribution in [3.8, 4) is 11.4 Å². The van der Waals surface area contributed by atoms with Gasteiger partial charge in [-0.05, 0) is 34.1 Å². The lowest BCUT2D eigenvalue weighted by atomic mass is 10.2. The zero-order chi connectivity index (χ0) is 10.1. The molecule has 72 valence electrons. The van der Waals surface area contributed by atoms with Crippen LogP contribution < -0.4 is 5.76 Å². The normalized spacial score (nSPS) is 10.4. The Hall–Kier alpha value is -1.43. The second-order valence-corrected chi connectivity index (χ2v) is 3.43. The predicted molar refractivity (Wildman–Crippen MR) is 50.2 cm³/mol. The van der Waals surface area contributed by atoms with Crippen molar-refractivity contribution in [2.45, 2.75) is 0 Å². The second kappa shape index (κ2) is 3.38. The highest BCUT2D eigenvalue weighted by Crippen LogP contribution is 2.21. The average molecular weight is 259 g/mol. The van der Waals surface area contributed by atoms with Crippen LogP contribution in [0.2, 0.25) is 0 Å². The van der Waals surface area contributed by atoms with Crippen molar-refractivity contribution in [3.63, 3.8) is 0 Å². The fourth-order valence-electron chi connectivity index (χ4n) is 0.998. The fraction of sp³-hybridized carbons (Fsp3) is 0. The SMILES string of the molecule is O=c1[nH]c(-c2ccc(Br)c(F)c2)no1. The highest BCUT2D eigenvalue weighted by atomic mass is 79.9. The lowest BCUT2D eigenvalue weighted by Crippen LogP contribution is -1.94. The molecule has 0 fully saturated rings. The molecule has 1 N–H and O–H groups in total. The maximum absolute atomic E-state index is 13.1. The molecule has 0 spiro atoms. The topological polar surface area (TPSA) is 58.9 Å². The molecule has 0 atom stereocenters. The van der Waals surface area contributed by atoms with Crippen molar-refractivity contribution >= 4 is 15.9 Å². The van der Waals surface area contributed by atoms with E-state index < -0.39 is 11.6 Å². The van der Waals surface area contributed by atoms with Gasteiger partial charge in [-0.25, -0.2) is 9.18 Å². The third-order valence-electron chi connectivity index (χ3n) is 1.63. The Labute approximate surface area is 85.9 Å². The summed E-state index contributed by atoms with van der Waals surface area (Å²) < 4.78 is 17.7.